The summed E-state index contributed by atoms with van der Waals surface area (Å²) in [7, 11) is -2.52. The van der Waals surface area contributed by atoms with Gasteiger partial charge in [-0.3, -0.25) is 9.59 Å². The van der Waals surface area contributed by atoms with Gasteiger partial charge in [0.15, 0.2) is 10.8 Å². The fraction of sp³-hybridized carbons (Fsp3) is 0.250. The molecule has 1 atom stereocenters. The van der Waals surface area contributed by atoms with Gasteiger partial charge in [-0.1, -0.05) is 18.7 Å². The summed E-state index contributed by atoms with van der Waals surface area (Å²) in [6, 6.07) is 5.69. The van der Waals surface area contributed by atoms with Crippen molar-refractivity contribution in [2.45, 2.75) is 28.6 Å². The van der Waals surface area contributed by atoms with Crippen LogP contribution in [0.5, 0.6) is 0 Å². The Balaban J connectivity index is 2.04. The number of primary sulfonamides is 1. The van der Waals surface area contributed by atoms with Crippen molar-refractivity contribution in [3.63, 3.8) is 0 Å². The Morgan fingerprint density at radius 1 is 1.36 bits per heavy atom. The summed E-state index contributed by atoms with van der Waals surface area (Å²) in [6.07, 6.45) is 1.86. The Morgan fingerprint density at radius 3 is 2.61 bits per heavy atom. The lowest BCUT2D eigenvalue weighted by Gasteiger charge is -2.11. The summed E-state index contributed by atoms with van der Waals surface area (Å²) in [5.41, 5.74) is 0.366. The predicted molar refractivity (Wildman–Crippen MR) is 103 cm³/mol. The number of aromatic amines is 1. The van der Waals surface area contributed by atoms with Gasteiger partial charge in [0.05, 0.1) is 23.9 Å². The molecule has 28 heavy (non-hydrogen) atoms. The van der Waals surface area contributed by atoms with Gasteiger partial charge in [0.25, 0.3) is 5.56 Å². The fourth-order valence-corrected chi connectivity index (χ4v) is 3.92. The van der Waals surface area contributed by atoms with Gasteiger partial charge in [0, 0.05) is 0 Å². The van der Waals surface area contributed by atoms with E-state index in [1.165, 1.54) is 42.3 Å². The minimum absolute atomic E-state index is 0.0429. The maximum atomic E-state index is 12.4. The number of esters is 1. The third kappa shape index (κ3) is 3.93. The molecule has 0 fully saturated rings. The number of nitrogens with two attached hydrogens (primary N) is 1. The minimum atomic E-state index is -3.82. The van der Waals surface area contributed by atoms with Gasteiger partial charge < -0.3 is 9.72 Å². The van der Waals surface area contributed by atoms with E-state index in [4.69, 9.17) is 9.88 Å². The van der Waals surface area contributed by atoms with Gasteiger partial charge in [-0.25, -0.2) is 23.2 Å². The van der Waals surface area contributed by atoms with Gasteiger partial charge >= 0.3 is 5.97 Å². The van der Waals surface area contributed by atoms with Crippen molar-refractivity contribution in [2.24, 2.45) is 5.14 Å². The Bertz CT molecular complexity index is 1180. The summed E-state index contributed by atoms with van der Waals surface area (Å²) >= 11 is 1.09. The number of nitrogens with zero attached hydrogens (tertiary/aromatic N) is 3. The van der Waals surface area contributed by atoms with Gasteiger partial charge in [-0.15, -0.1) is 0 Å². The van der Waals surface area contributed by atoms with E-state index in [0.29, 0.717) is 12.1 Å². The number of benzene rings is 1. The average molecular weight is 423 g/mol. The Labute approximate surface area is 164 Å². The largest absolute Gasteiger partial charge is 0.468 e. The van der Waals surface area contributed by atoms with E-state index in [0.717, 1.165) is 11.8 Å². The van der Waals surface area contributed by atoms with Crippen molar-refractivity contribution < 1.29 is 17.9 Å². The Morgan fingerprint density at radius 2 is 2.04 bits per heavy atom. The number of carbonyl (C=O) groups is 1. The molecule has 0 amide bonds. The van der Waals surface area contributed by atoms with Crippen molar-refractivity contribution in [1.82, 2.24) is 19.7 Å². The summed E-state index contributed by atoms with van der Waals surface area (Å²) in [4.78, 5) is 31.2. The van der Waals surface area contributed by atoms with E-state index < -0.39 is 26.8 Å². The fourth-order valence-electron chi connectivity index (χ4n) is 2.48. The number of fused-ring (bicyclic) bond motifs is 1. The lowest BCUT2D eigenvalue weighted by Crippen LogP contribution is -2.19. The number of hydrogen-bond acceptors (Lipinski definition) is 8. The van der Waals surface area contributed by atoms with E-state index in [9.17, 15) is 18.0 Å². The van der Waals surface area contributed by atoms with Gasteiger partial charge in [0.1, 0.15) is 10.6 Å². The zero-order valence-corrected chi connectivity index (χ0v) is 16.6. The monoisotopic (exact) mass is 423 g/mol. The molecule has 0 radical (unpaired) electrons. The number of H-pyrrole nitrogens is 1. The molecule has 3 aromatic rings. The molecule has 2 aromatic heterocycles. The van der Waals surface area contributed by atoms with Crippen LogP contribution in [0.25, 0.3) is 16.7 Å². The van der Waals surface area contributed by atoms with E-state index in [2.05, 4.69) is 15.1 Å². The summed E-state index contributed by atoms with van der Waals surface area (Å²) in [5.74, 6) is -0.415. The van der Waals surface area contributed by atoms with Gasteiger partial charge in [-0.2, -0.15) is 5.10 Å². The highest BCUT2D eigenvalue weighted by atomic mass is 32.2. The van der Waals surface area contributed by atoms with Crippen LogP contribution in [-0.2, 0) is 19.6 Å². The highest BCUT2D eigenvalue weighted by Crippen LogP contribution is 2.24. The molecule has 3 N–H and O–H groups in total. The number of thioether (sulfide) groups is 1. The maximum Gasteiger partial charge on any atom is 0.319 e. The van der Waals surface area contributed by atoms with Crippen LogP contribution in [0.4, 0.5) is 0 Å². The number of ether oxygens (including phenoxy) is 1. The molecule has 3 rings (SSSR count). The standard InChI is InChI=1S/C16H17N5O5S2/c1-3-12(15(23)26-2)27-16-19-13-11(14(22)20-16)8-18-21(13)9-4-6-10(7-5-9)28(17,24)25/h4-8,12H,3H2,1-2H3,(H2,17,24,25)(H,19,20,22). The minimum Gasteiger partial charge on any atom is -0.468 e. The molecule has 1 aromatic carbocycles. The smallest absolute Gasteiger partial charge is 0.319 e. The third-order valence-electron chi connectivity index (χ3n) is 3.91. The van der Waals surface area contributed by atoms with Crippen molar-refractivity contribution in [1.29, 1.82) is 0 Å². The molecular formula is C16H17N5O5S2. The highest BCUT2D eigenvalue weighted by molar-refractivity contribution is 8.00. The predicted octanol–water partition coefficient (Wildman–Crippen LogP) is 0.800. The first kappa shape index (κ1) is 20.0. The molecule has 0 aliphatic rings. The van der Waals surface area contributed by atoms with Crippen LogP contribution in [0, 0.1) is 0 Å². The topological polar surface area (TPSA) is 150 Å². The quantitative estimate of drug-likeness (QED) is 0.336. The molecular weight excluding hydrogens is 406 g/mol. The van der Waals surface area contributed by atoms with E-state index in [1.54, 1.807) is 0 Å². The van der Waals surface area contributed by atoms with Crippen LogP contribution in [0.3, 0.4) is 0 Å². The Hall–Kier alpha value is -2.70. The molecule has 2 heterocycles. The van der Waals surface area contributed by atoms with Crippen molar-refractivity contribution in [3.8, 4) is 5.69 Å². The molecule has 0 bridgehead atoms. The molecule has 0 saturated heterocycles. The zero-order chi connectivity index (χ0) is 20.5. The molecule has 10 nitrogen and oxygen atoms in total. The molecule has 0 aliphatic carbocycles. The average Bonchev–Trinajstić information content (AvgIpc) is 3.09. The molecule has 12 heteroatoms. The van der Waals surface area contributed by atoms with Crippen LogP contribution >= 0.6 is 11.8 Å². The first-order valence-corrected chi connectivity index (χ1v) is 10.5. The normalized spacial score (nSPS) is 12.8. The van der Waals surface area contributed by atoms with Crippen LogP contribution in [0.15, 0.2) is 45.3 Å². The number of carbonyl (C=O) groups excluding carboxylic acids is 1. The second-order valence-electron chi connectivity index (χ2n) is 5.74. The second-order valence-corrected chi connectivity index (χ2v) is 8.49. The van der Waals surface area contributed by atoms with Gasteiger partial charge in [0.2, 0.25) is 10.0 Å². The van der Waals surface area contributed by atoms with E-state index in [-0.39, 0.29) is 21.1 Å². The molecule has 0 spiro atoms. The number of methoxy groups -OCH3 is 1. The van der Waals surface area contributed by atoms with Crippen LogP contribution in [-0.4, -0.2) is 46.5 Å². The van der Waals surface area contributed by atoms with E-state index in [1.807, 2.05) is 6.92 Å². The van der Waals surface area contributed by atoms with Crippen LogP contribution < -0.4 is 10.7 Å². The van der Waals surface area contributed by atoms with Crippen LogP contribution in [0.1, 0.15) is 13.3 Å². The van der Waals surface area contributed by atoms with Crippen LogP contribution in [0.2, 0.25) is 0 Å². The van der Waals surface area contributed by atoms with Crippen molar-refractivity contribution >= 4 is 38.8 Å². The van der Waals surface area contributed by atoms with Crippen molar-refractivity contribution in [2.75, 3.05) is 7.11 Å². The summed E-state index contributed by atoms with van der Waals surface area (Å²) < 4.78 is 29.0. The zero-order valence-electron chi connectivity index (χ0n) is 14.9. The Kier molecular flexibility index (Phi) is 5.54. The molecule has 0 aliphatic heterocycles. The number of nitrogens with one attached hydrogen (secondary N) is 1. The number of rotatable bonds is 6. The summed E-state index contributed by atoms with van der Waals surface area (Å²) in [5, 5.41) is 9.25. The molecule has 148 valence electrons. The number of aromatic nitrogens is 4. The maximum absolute atomic E-state index is 12.4. The van der Waals surface area contributed by atoms with Crippen molar-refractivity contribution in [3.05, 3.63) is 40.8 Å². The third-order valence-corrected chi connectivity index (χ3v) is 6.07. The first-order valence-electron chi connectivity index (χ1n) is 8.10. The summed E-state index contributed by atoms with van der Waals surface area (Å²) in [6.45, 7) is 1.82. The molecule has 0 saturated carbocycles. The molecule has 1 unspecified atom stereocenters. The number of sulfonamides is 1. The van der Waals surface area contributed by atoms with Gasteiger partial charge in [-0.05, 0) is 30.7 Å². The number of hydrogen-bond donors (Lipinski definition) is 2. The SMILES string of the molecule is CCC(Sc1nc2c(cnn2-c2ccc(S(N)(=O)=O)cc2)c(=O)[nH]1)C(=O)OC. The first-order chi connectivity index (χ1) is 13.2. The highest BCUT2D eigenvalue weighted by Gasteiger charge is 2.21. The van der Waals surface area contributed by atoms with E-state index >= 15 is 0 Å². The second kappa shape index (κ2) is 7.73. The lowest BCUT2D eigenvalue weighted by molar-refractivity contribution is -0.140. The lowest BCUT2D eigenvalue weighted by atomic mass is 10.3.